The number of likely N-dealkylation sites (N-methyl/N-ethyl adjacent to an activating group) is 1. The number of hydrogen-bond acceptors (Lipinski definition) is 4. The summed E-state index contributed by atoms with van der Waals surface area (Å²) in [6.45, 7) is 3.86. The number of rotatable bonds is 5. The summed E-state index contributed by atoms with van der Waals surface area (Å²) in [5, 5.41) is 12.3. The lowest BCUT2D eigenvalue weighted by Crippen LogP contribution is -2.48. The number of alkyl halides is 3. The Kier molecular flexibility index (Phi) is 9.35. The predicted octanol–water partition coefficient (Wildman–Crippen LogP) is 5.89. The molecule has 3 amide bonds. The number of carbonyl (C=O) groups is 2. The molecule has 1 aliphatic rings. The van der Waals surface area contributed by atoms with Crippen molar-refractivity contribution in [2.75, 3.05) is 32.1 Å². The monoisotopic (exact) mass is 569 g/mol. The van der Waals surface area contributed by atoms with Gasteiger partial charge < -0.3 is 25.0 Å². The maximum absolute atomic E-state index is 13.9. The maximum Gasteiger partial charge on any atom is 0.418 e. The van der Waals surface area contributed by atoms with Crippen LogP contribution in [0.1, 0.15) is 35.3 Å². The van der Waals surface area contributed by atoms with Gasteiger partial charge in [-0.15, -0.1) is 0 Å². The Morgan fingerprint density at radius 3 is 2.34 bits per heavy atom. The van der Waals surface area contributed by atoms with Crippen molar-refractivity contribution in [1.29, 1.82) is 0 Å². The number of hydrogen-bond donors (Lipinski definition) is 2. The molecule has 3 aromatic rings. The second kappa shape index (κ2) is 12.7. The fourth-order valence-corrected chi connectivity index (χ4v) is 4.95. The molecule has 2 N–H and O–H groups in total. The third-order valence-corrected chi connectivity index (χ3v) is 7.37. The molecule has 0 bridgehead atoms. The molecule has 0 aromatic heterocycles. The highest BCUT2D eigenvalue weighted by Gasteiger charge is 2.35. The van der Waals surface area contributed by atoms with E-state index in [4.69, 9.17) is 4.74 Å². The highest BCUT2D eigenvalue weighted by molar-refractivity contribution is 6.01. The van der Waals surface area contributed by atoms with Crippen LogP contribution in [0.15, 0.2) is 72.8 Å². The van der Waals surface area contributed by atoms with Crippen molar-refractivity contribution in [1.82, 2.24) is 9.80 Å². The number of aliphatic hydroxyl groups excluding tert-OH is 1. The number of halogens is 3. The van der Waals surface area contributed by atoms with Gasteiger partial charge in [0.2, 0.25) is 0 Å². The summed E-state index contributed by atoms with van der Waals surface area (Å²) >= 11 is 0. The van der Waals surface area contributed by atoms with Gasteiger partial charge in [0.25, 0.3) is 5.91 Å². The van der Waals surface area contributed by atoms with Crippen LogP contribution in [-0.2, 0) is 17.5 Å². The minimum atomic E-state index is -4.63. The van der Waals surface area contributed by atoms with E-state index in [0.717, 1.165) is 22.8 Å². The molecule has 0 spiro atoms. The summed E-state index contributed by atoms with van der Waals surface area (Å²) in [6.07, 6.45) is -5.21. The number of amides is 3. The fourth-order valence-electron chi connectivity index (χ4n) is 4.95. The van der Waals surface area contributed by atoms with Crippen molar-refractivity contribution in [3.05, 3.63) is 89.5 Å². The number of benzene rings is 3. The molecule has 4 rings (SSSR count). The van der Waals surface area contributed by atoms with Gasteiger partial charge in [0.15, 0.2) is 0 Å². The van der Waals surface area contributed by atoms with Gasteiger partial charge in [-0.25, -0.2) is 4.79 Å². The summed E-state index contributed by atoms with van der Waals surface area (Å²) in [5.41, 5.74) is 1.65. The molecule has 0 saturated heterocycles. The highest BCUT2D eigenvalue weighted by Crippen LogP contribution is 2.35. The number of urea groups is 1. The Labute approximate surface area is 237 Å². The molecule has 10 heteroatoms. The quantitative estimate of drug-likeness (QED) is 0.401. The lowest BCUT2D eigenvalue weighted by Gasteiger charge is -2.35. The topological polar surface area (TPSA) is 82.1 Å². The average Bonchev–Trinajstić information content (AvgIpc) is 2.97. The van der Waals surface area contributed by atoms with Gasteiger partial charge in [-0.2, -0.15) is 13.2 Å². The minimum absolute atomic E-state index is 0.0475. The summed E-state index contributed by atoms with van der Waals surface area (Å²) in [5.74, 6) is -0.539. The van der Waals surface area contributed by atoms with Crippen molar-refractivity contribution in [2.24, 2.45) is 5.92 Å². The van der Waals surface area contributed by atoms with Crippen molar-refractivity contribution in [2.45, 2.75) is 38.8 Å². The second-order valence-corrected chi connectivity index (χ2v) is 10.4. The van der Waals surface area contributed by atoms with Gasteiger partial charge in [0, 0.05) is 31.6 Å². The largest absolute Gasteiger partial charge is 0.418 e. The molecular weight excluding hydrogens is 535 g/mol. The normalized spacial score (nSPS) is 18.5. The number of nitrogens with zero attached hydrogens (tertiary/aromatic N) is 2. The number of ether oxygens (including phenoxy) is 1. The zero-order valence-electron chi connectivity index (χ0n) is 23.2. The van der Waals surface area contributed by atoms with Crippen LogP contribution in [0.25, 0.3) is 11.1 Å². The molecule has 218 valence electrons. The number of nitrogens with one attached hydrogen (secondary N) is 1. The Bertz CT molecular complexity index is 1380. The zero-order valence-corrected chi connectivity index (χ0v) is 23.2. The van der Waals surface area contributed by atoms with Crippen molar-refractivity contribution >= 4 is 17.6 Å². The summed E-state index contributed by atoms with van der Waals surface area (Å²) < 4.78 is 46.8. The first kappa shape index (κ1) is 30.1. The molecule has 0 saturated carbocycles. The summed E-state index contributed by atoms with van der Waals surface area (Å²) in [4.78, 5) is 29.8. The zero-order chi connectivity index (χ0) is 29.7. The molecule has 1 heterocycles. The molecule has 1 aliphatic heterocycles. The van der Waals surface area contributed by atoms with Gasteiger partial charge in [0.05, 0.1) is 36.6 Å². The molecule has 0 radical (unpaired) electrons. The van der Waals surface area contributed by atoms with Crippen LogP contribution in [0.5, 0.6) is 0 Å². The van der Waals surface area contributed by atoms with Gasteiger partial charge in [-0.3, -0.25) is 4.79 Å². The Morgan fingerprint density at radius 2 is 1.66 bits per heavy atom. The van der Waals surface area contributed by atoms with Crippen molar-refractivity contribution < 1.29 is 32.6 Å². The van der Waals surface area contributed by atoms with Gasteiger partial charge >= 0.3 is 12.2 Å². The molecule has 0 unspecified atom stereocenters. The van der Waals surface area contributed by atoms with Gasteiger partial charge in [-0.1, -0.05) is 61.5 Å². The molecular formula is C31H34F3N3O4. The molecule has 41 heavy (non-hydrogen) atoms. The minimum Gasteiger partial charge on any atom is -0.394 e. The molecule has 7 nitrogen and oxygen atoms in total. The SMILES string of the molecule is C[C@H]1CN([C@@H](C)CO)C(=O)c2ccccc2-c2ccccc2CO[C@@H]1CN(C)C(=O)Nc1ccccc1C(F)(F)F. The Balaban J connectivity index is 1.64. The van der Waals surface area contributed by atoms with Crippen LogP contribution in [-0.4, -0.2) is 65.7 Å². The smallest absolute Gasteiger partial charge is 0.394 e. The number of anilines is 1. The van der Waals surface area contributed by atoms with Gasteiger partial charge in [0.1, 0.15) is 0 Å². The van der Waals surface area contributed by atoms with E-state index in [1.54, 1.807) is 24.0 Å². The third-order valence-electron chi connectivity index (χ3n) is 7.37. The molecule has 0 aliphatic carbocycles. The lowest BCUT2D eigenvalue weighted by molar-refractivity contribution is -0.136. The van der Waals surface area contributed by atoms with Crippen LogP contribution in [0.3, 0.4) is 0 Å². The first-order valence-electron chi connectivity index (χ1n) is 13.4. The Hall–Kier alpha value is -3.89. The lowest BCUT2D eigenvalue weighted by atomic mass is 9.94. The standard InChI is InChI=1S/C31H34F3N3O4/c1-20-16-37(21(2)18-38)29(39)25-13-7-6-12-24(25)23-11-5-4-10-22(23)19-41-28(20)17-36(3)30(40)35-27-15-9-8-14-26(27)31(32,33)34/h4-15,20-21,28,38H,16-19H2,1-3H3,(H,35,40)/t20-,21-,28+/m0/s1. The van der Waals surface area contributed by atoms with Crippen molar-refractivity contribution in [3.63, 3.8) is 0 Å². The third kappa shape index (κ3) is 6.89. The maximum atomic E-state index is 13.9. The van der Waals surface area contributed by atoms with Crippen LogP contribution < -0.4 is 5.32 Å². The predicted molar refractivity (Wildman–Crippen MR) is 150 cm³/mol. The van der Waals surface area contributed by atoms with E-state index in [1.807, 2.05) is 43.3 Å². The molecule has 0 fully saturated rings. The van der Waals surface area contributed by atoms with E-state index in [-0.39, 0.29) is 43.8 Å². The molecule has 3 aromatic carbocycles. The van der Waals surface area contributed by atoms with E-state index in [1.165, 1.54) is 30.1 Å². The summed E-state index contributed by atoms with van der Waals surface area (Å²) in [7, 11) is 1.48. The van der Waals surface area contributed by atoms with Crippen LogP contribution in [0.2, 0.25) is 0 Å². The number of aliphatic hydroxyl groups is 1. The van der Waals surface area contributed by atoms with E-state index >= 15 is 0 Å². The molecule has 3 atom stereocenters. The Morgan fingerprint density at radius 1 is 1.05 bits per heavy atom. The number of carbonyl (C=O) groups excluding carboxylic acids is 2. The first-order valence-corrected chi connectivity index (χ1v) is 13.4. The van der Waals surface area contributed by atoms with Crippen LogP contribution >= 0.6 is 0 Å². The van der Waals surface area contributed by atoms with Crippen LogP contribution in [0, 0.1) is 5.92 Å². The van der Waals surface area contributed by atoms with E-state index in [9.17, 15) is 27.9 Å². The van der Waals surface area contributed by atoms with Crippen molar-refractivity contribution in [3.8, 4) is 11.1 Å². The second-order valence-electron chi connectivity index (χ2n) is 10.4. The highest BCUT2D eigenvalue weighted by atomic mass is 19.4. The van der Waals surface area contributed by atoms with E-state index in [2.05, 4.69) is 5.32 Å². The van der Waals surface area contributed by atoms with E-state index in [0.29, 0.717) is 5.56 Å². The average molecular weight is 570 g/mol. The van der Waals surface area contributed by atoms with Crippen LogP contribution in [0.4, 0.5) is 23.7 Å². The first-order chi connectivity index (χ1) is 19.5. The fraction of sp³-hybridized carbons (Fsp3) is 0.355. The summed E-state index contributed by atoms with van der Waals surface area (Å²) in [6, 6.07) is 18.5. The number of fused-ring (bicyclic) bond motifs is 3. The number of para-hydroxylation sites is 1. The van der Waals surface area contributed by atoms with Gasteiger partial charge in [-0.05, 0) is 41.8 Å². The van der Waals surface area contributed by atoms with E-state index < -0.39 is 29.9 Å².